The van der Waals surface area contributed by atoms with E-state index in [-0.39, 0.29) is 5.91 Å². The number of hydrogen-bond donors (Lipinski definition) is 0. The molecule has 0 aliphatic carbocycles. The van der Waals surface area contributed by atoms with Gasteiger partial charge in [0.15, 0.2) is 11.5 Å². The number of piperidine rings is 1. The van der Waals surface area contributed by atoms with E-state index in [2.05, 4.69) is 27.8 Å². The molecule has 0 N–H and O–H groups in total. The first-order valence-corrected chi connectivity index (χ1v) is 11.7. The third-order valence-corrected chi connectivity index (χ3v) is 6.64. The maximum atomic E-state index is 13.1. The van der Waals surface area contributed by atoms with Gasteiger partial charge >= 0.3 is 0 Å². The number of nitrogens with zero attached hydrogens (tertiary/aromatic N) is 2. The van der Waals surface area contributed by atoms with E-state index < -0.39 is 0 Å². The minimum atomic E-state index is 0.000811. The summed E-state index contributed by atoms with van der Waals surface area (Å²) < 4.78 is 12.6. The number of likely N-dealkylation sites (tertiary alicyclic amines) is 1. The minimum absolute atomic E-state index is 0.000811. The summed E-state index contributed by atoms with van der Waals surface area (Å²) in [5, 5.41) is 0. The number of halogens is 1. The van der Waals surface area contributed by atoms with Crippen LogP contribution < -0.4 is 14.4 Å². The molecule has 0 bridgehead atoms. The summed E-state index contributed by atoms with van der Waals surface area (Å²) in [6.45, 7) is 6.63. The second-order valence-corrected chi connectivity index (χ2v) is 9.16. The summed E-state index contributed by atoms with van der Waals surface area (Å²) >= 11 is 3.44. The van der Waals surface area contributed by atoms with Gasteiger partial charge in [-0.25, -0.2) is 0 Å². The number of amides is 1. The van der Waals surface area contributed by atoms with Gasteiger partial charge in [-0.05, 0) is 61.7 Å². The van der Waals surface area contributed by atoms with E-state index in [4.69, 9.17) is 9.47 Å². The summed E-state index contributed by atoms with van der Waals surface area (Å²) in [6.07, 6.45) is 4.49. The van der Waals surface area contributed by atoms with Crippen molar-refractivity contribution >= 4 is 33.1 Å². The molecule has 1 saturated heterocycles. The van der Waals surface area contributed by atoms with Crippen LogP contribution in [0.1, 0.15) is 25.3 Å². The van der Waals surface area contributed by atoms with Gasteiger partial charge in [0.25, 0.3) is 5.91 Å². The second kappa shape index (κ2) is 9.88. The molecule has 0 saturated carbocycles. The Morgan fingerprint density at radius 1 is 1.06 bits per heavy atom. The van der Waals surface area contributed by atoms with E-state index in [1.54, 1.807) is 12.0 Å². The Morgan fingerprint density at radius 3 is 2.52 bits per heavy atom. The van der Waals surface area contributed by atoms with Crippen LogP contribution in [0.5, 0.6) is 11.5 Å². The Hall–Kier alpha value is -2.31. The van der Waals surface area contributed by atoms with Gasteiger partial charge in [0.1, 0.15) is 6.61 Å². The van der Waals surface area contributed by atoms with Gasteiger partial charge < -0.3 is 14.4 Å². The Morgan fingerprint density at radius 2 is 1.81 bits per heavy atom. The molecule has 0 aromatic heterocycles. The molecule has 0 spiro atoms. The highest BCUT2D eigenvalue weighted by molar-refractivity contribution is 9.10. The Balaban J connectivity index is 1.42. The fourth-order valence-electron chi connectivity index (χ4n) is 4.11. The van der Waals surface area contributed by atoms with Gasteiger partial charge in [-0.2, -0.15) is 0 Å². The molecule has 5 nitrogen and oxygen atoms in total. The van der Waals surface area contributed by atoms with Crippen LogP contribution in [0.4, 0.5) is 5.69 Å². The lowest BCUT2D eigenvalue weighted by molar-refractivity contribution is -0.112. The highest BCUT2D eigenvalue weighted by atomic mass is 79.9. The summed E-state index contributed by atoms with van der Waals surface area (Å²) in [5.41, 5.74) is 2.47. The molecule has 2 aromatic rings. The van der Waals surface area contributed by atoms with Gasteiger partial charge in [0.2, 0.25) is 0 Å². The summed E-state index contributed by atoms with van der Waals surface area (Å²) in [6, 6.07) is 13.5. The summed E-state index contributed by atoms with van der Waals surface area (Å²) in [7, 11) is 1.64. The van der Waals surface area contributed by atoms with Crippen LogP contribution in [-0.4, -0.2) is 50.7 Å². The predicted molar refractivity (Wildman–Crippen MR) is 128 cm³/mol. The van der Waals surface area contributed by atoms with Crippen molar-refractivity contribution in [3.8, 4) is 11.5 Å². The van der Waals surface area contributed by atoms with Crippen LogP contribution in [0.2, 0.25) is 0 Å². The Kier molecular flexibility index (Phi) is 6.98. The average Bonchev–Trinajstić information content (AvgIpc) is 3.17. The van der Waals surface area contributed by atoms with E-state index in [1.807, 2.05) is 48.5 Å². The lowest BCUT2D eigenvalue weighted by Gasteiger charge is -2.30. The molecule has 2 aliphatic heterocycles. The fourth-order valence-corrected chi connectivity index (χ4v) is 4.37. The zero-order chi connectivity index (χ0) is 21.8. The molecule has 6 heteroatoms. The molecule has 164 valence electrons. The standard InChI is InChI=1S/C25H29BrN2O3/c1-18-9-12-27(13-10-18)15-16-31-24-17-21(7-8-23(24)30-2)28-14-11-22(25(28)29)19-3-5-20(26)6-4-19/h3-8,11,17-18H,9-10,12-16H2,1-2H3. The van der Waals surface area contributed by atoms with Crippen molar-refractivity contribution in [2.24, 2.45) is 5.92 Å². The molecule has 4 rings (SSSR count). The van der Waals surface area contributed by atoms with Crippen molar-refractivity contribution < 1.29 is 14.3 Å². The van der Waals surface area contributed by atoms with E-state index in [9.17, 15) is 4.79 Å². The number of carbonyl (C=O) groups is 1. The molecular weight excluding hydrogens is 456 g/mol. The van der Waals surface area contributed by atoms with Crippen molar-refractivity contribution in [2.45, 2.75) is 19.8 Å². The molecule has 1 fully saturated rings. The molecule has 2 aliphatic rings. The lowest BCUT2D eigenvalue weighted by atomic mass is 9.99. The molecule has 0 unspecified atom stereocenters. The third-order valence-electron chi connectivity index (χ3n) is 6.11. The normalized spacial score (nSPS) is 17.7. The fraction of sp³-hybridized carbons (Fsp3) is 0.400. The number of benzene rings is 2. The maximum absolute atomic E-state index is 13.1. The number of hydrogen-bond acceptors (Lipinski definition) is 4. The molecule has 31 heavy (non-hydrogen) atoms. The Labute approximate surface area is 192 Å². The van der Waals surface area contributed by atoms with Gasteiger partial charge in [-0.1, -0.05) is 41.1 Å². The topological polar surface area (TPSA) is 42.0 Å². The van der Waals surface area contributed by atoms with Crippen molar-refractivity contribution in [1.82, 2.24) is 4.90 Å². The first-order chi connectivity index (χ1) is 15.0. The molecule has 2 heterocycles. The van der Waals surface area contributed by atoms with Crippen LogP contribution in [0, 0.1) is 5.92 Å². The maximum Gasteiger partial charge on any atom is 0.258 e. The molecule has 2 aromatic carbocycles. The molecule has 0 radical (unpaired) electrons. The number of carbonyl (C=O) groups excluding carboxylic acids is 1. The number of rotatable bonds is 7. The smallest absolute Gasteiger partial charge is 0.258 e. The molecular formula is C25H29BrN2O3. The van der Waals surface area contributed by atoms with Gasteiger partial charge in [-0.3, -0.25) is 9.69 Å². The summed E-state index contributed by atoms with van der Waals surface area (Å²) in [5.74, 6) is 2.18. The lowest BCUT2D eigenvalue weighted by Crippen LogP contribution is -2.35. The zero-order valence-electron chi connectivity index (χ0n) is 18.1. The van der Waals surface area contributed by atoms with Crippen molar-refractivity contribution in [3.63, 3.8) is 0 Å². The van der Waals surface area contributed by atoms with E-state index >= 15 is 0 Å². The minimum Gasteiger partial charge on any atom is -0.493 e. The quantitative estimate of drug-likeness (QED) is 0.554. The van der Waals surface area contributed by atoms with E-state index in [1.165, 1.54) is 12.8 Å². The van der Waals surface area contributed by atoms with Gasteiger partial charge in [-0.15, -0.1) is 0 Å². The average molecular weight is 485 g/mol. The Bertz CT molecular complexity index is 950. The summed E-state index contributed by atoms with van der Waals surface area (Å²) in [4.78, 5) is 17.3. The number of methoxy groups -OCH3 is 1. The zero-order valence-corrected chi connectivity index (χ0v) is 19.7. The van der Waals surface area contributed by atoms with Gasteiger partial charge in [0.05, 0.1) is 7.11 Å². The van der Waals surface area contributed by atoms with Gasteiger partial charge in [0, 0.05) is 34.9 Å². The van der Waals surface area contributed by atoms with Crippen molar-refractivity contribution in [2.75, 3.05) is 44.8 Å². The third kappa shape index (κ3) is 5.13. The van der Waals surface area contributed by atoms with E-state index in [0.717, 1.165) is 46.8 Å². The SMILES string of the molecule is COc1ccc(N2CC=C(c3ccc(Br)cc3)C2=O)cc1OCCN1CCC(C)CC1. The number of anilines is 1. The van der Waals surface area contributed by atoms with E-state index in [0.29, 0.717) is 24.7 Å². The highest BCUT2D eigenvalue weighted by Crippen LogP contribution is 2.35. The van der Waals surface area contributed by atoms with Crippen LogP contribution in [-0.2, 0) is 4.79 Å². The molecule has 0 atom stereocenters. The van der Waals surface area contributed by atoms with Crippen LogP contribution in [0.3, 0.4) is 0 Å². The van der Waals surface area contributed by atoms with Crippen molar-refractivity contribution in [1.29, 1.82) is 0 Å². The van der Waals surface area contributed by atoms with Crippen molar-refractivity contribution in [3.05, 3.63) is 58.6 Å². The van der Waals surface area contributed by atoms with Crippen LogP contribution in [0.25, 0.3) is 5.57 Å². The first-order valence-electron chi connectivity index (χ1n) is 10.9. The monoisotopic (exact) mass is 484 g/mol. The second-order valence-electron chi connectivity index (χ2n) is 8.25. The van der Waals surface area contributed by atoms with Crippen LogP contribution in [0.15, 0.2) is 53.0 Å². The highest BCUT2D eigenvalue weighted by Gasteiger charge is 2.27. The number of ether oxygens (including phenoxy) is 2. The predicted octanol–water partition coefficient (Wildman–Crippen LogP) is 5.00. The largest absolute Gasteiger partial charge is 0.493 e. The van der Waals surface area contributed by atoms with Crippen LogP contribution >= 0.6 is 15.9 Å². The first kappa shape index (κ1) is 21.9. The molecule has 1 amide bonds.